The highest BCUT2D eigenvalue weighted by atomic mass is 32.1. The molecule has 1 saturated heterocycles. The van der Waals surface area contributed by atoms with Gasteiger partial charge in [-0.3, -0.25) is 4.79 Å². The minimum atomic E-state index is -0.0774. The Morgan fingerprint density at radius 1 is 1.19 bits per heavy atom. The number of nitrogens with one attached hydrogen (secondary N) is 2. The van der Waals surface area contributed by atoms with Crippen molar-refractivity contribution < 1.29 is 4.74 Å². The van der Waals surface area contributed by atoms with Crippen LogP contribution in [0.5, 0.6) is 0 Å². The molecule has 2 heterocycles. The second-order valence-corrected chi connectivity index (χ2v) is 8.85. The maximum atomic E-state index is 12.9. The molecule has 0 radical (unpaired) electrons. The predicted molar refractivity (Wildman–Crippen MR) is 131 cm³/mol. The summed E-state index contributed by atoms with van der Waals surface area (Å²) in [7, 11) is 0. The molecule has 5 nitrogen and oxygen atoms in total. The van der Waals surface area contributed by atoms with Crippen molar-refractivity contribution in [2.45, 2.75) is 46.3 Å². The highest BCUT2D eigenvalue weighted by Crippen LogP contribution is 2.20. The quantitative estimate of drug-likeness (QED) is 0.562. The molecule has 6 heteroatoms. The van der Waals surface area contributed by atoms with Crippen LogP contribution in [0.4, 0.5) is 5.69 Å². The Balaban J connectivity index is 1.62. The average Bonchev–Trinajstić information content (AvgIpc) is 3.23. The molecule has 2 aromatic carbocycles. The van der Waals surface area contributed by atoms with E-state index in [0.29, 0.717) is 23.8 Å². The van der Waals surface area contributed by atoms with Crippen LogP contribution in [0.3, 0.4) is 0 Å². The van der Waals surface area contributed by atoms with E-state index in [1.54, 1.807) is 0 Å². The van der Waals surface area contributed by atoms with Crippen molar-refractivity contribution in [2.24, 2.45) is 0 Å². The summed E-state index contributed by atoms with van der Waals surface area (Å²) < 4.78 is 5.85. The third-order valence-electron chi connectivity index (χ3n) is 5.90. The van der Waals surface area contributed by atoms with E-state index in [9.17, 15) is 4.79 Å². The Labute approximate surface area is 188 Å². The van der Waals surface area contributed by atoms with Crippen molar-refractivity contribution in [2.75, 3.05) is 18.5 Å². The van der Waals surface area contributed by atoms with Gasteiger partial charge >= 0.3 is 0 Å². The number of pyridine rings is 1. The molecule has 0 amide bonds. The van der Waals surface area contributed by atoms with Gasteiger partial charge in [-0.15, -0.1) is 0 Å². The van der Waals surface area contributed by atoms with Crippen LogP contribution in [0.2, 0.25) is 0 Å². The maximum Gasteiger partial charge on any atom is 0.253 e. The summed E-state index contributed by atoms with van der Waals surface area (Å²) in [6.07, 6.45) is 2.20. The second-order valence-electron chi connectivity index (χ2n) is 8.46. The molecule has 1 atom stereocenters. The number of anilines is 1. The molecule has 0 aliphatic carbocycles. The fraction of sp³-hybridized carbons (Fsp3) is 0.360. The summed E-state index contributed by atoms with van der Waals surface area (Å²) in [6.45, 7) is 8.06. The van der Waals surface area contributed by atoms with E-state index in [4.69, 9.17) is 17.0 Å². The van der Waals surface area contributed by atoms with Gasteiger partial charge in [0, 0.05) is 29.9 Å². The van der Waals surface area contributed by atoms with E-state index < -0.39 is 0 Å². The first-order valence-electron chi connectivity index (χ1n) is 10.8. The van der Waals surface area contributed by atoms with Gasteiger partial charge in [0.15, 0.2) is 5.11 Å². The van der Waals surface area contributed by atoms with E-state index in [1.165, 1.54) is 11.1 Å². The van der Waals surface area contributed by atoms with Crippen molar-refractivity contribution >= 4 is 33.9 Å². The largest absolute Gasteiger partial charge is 0.376 e. The molecule has 1 aliphatic heterocycles. The Kier molecular flexibility index (Phi) is 6.39. The van der Waals surface area contributed by atoms with E-state index in [-0.39, 0.29) is 11.7 Å². The maximum absolute atomic E-state index is 12.9. The number of aromatic amines is 1. The third-order valence-corrected chi connectivity index (χ3v) is 6.26. The van der Waals surface area contributed by atoms with Crippen LogP contribution >= 0.6 is 12.2 Å². The standard InChI is InChI=1S/C25H29N3O2S/c1-16-6-4-7-21(10-16)26-25(31)28(15-22-8-5-9-30-22)14-20-13-19-11-17(2)18(3)12-23(19)27-24(20)29/h4,6-7,10-13,22H,5,8-9,14-15H2,1-3H3,(H,26,31)(H,27,29)/t22-/m1/s1. The molecular weight excluding hydrogens is 406 g/mol. The minimum absolute atomic E-state index is 0.0774. The van der Waals surface area contributed by atoms with E-state index in [0.717, 1.165) is 41.6 Å². The number of aromatic nitrogens is 1. The summed E-state index contributed by atoms with van der Waals surface area (Å²) >= 11 is 5.76. The minimum Gasteiger partial charge on any atom is -0.376 e. The topological polar surface area (TPSA) is 57.4 Å². The Bertz CT molecular complexity index is 1170. The predicted octanol–water partition coefficient (Wildman–Crippen LogP) is 4.83. The molecule has 1 aliphatic rings. The van der Waals surface area contributed by atoms with Gasteiger partial charge < -0.3 is 19.9 Å². The zero-order chi connectivity index (χ0) is 22.0. The summed E-state index contributed by atoms with van der Waals surface area (Å²) in [5.74, 6) is 0. The third kappa shape index (κ3) is 5.14. The lowest BCUT2D eigenvalue weighted by Gasteiger charge is -2.28. The number of benzene rings is 2. The van der Waals surface area contributed by atoms with Gasteiger partial charge in [0.05, 0.1) is 12.6 Å². The molecule has 1 aromatic heterocycles. The van der Waals surface area contributed by atoms with E-state index in [2.05, 4.69) is 49.3 Å². The zero-order valence-electron chi connectivity index (χ0n) is 18.3. The molecule has 31 heavy (non-hydrogen) atoms. The first kappa shape index (κ1) is 21.5. The second kappa shape index (κ2) is 9.20. The van der Waals surface area contributed by atoms with Crippen LogP contribution in [-0.4, -0.2) is 34.3 Å². The van der Waals surface area contributed by atoms with Gasteiger partial charge in [0.1, 0.15) is 0 Å². The molecule has 0 saturated carbocycles. The van der Waals surface area contributed by atoms with Gasteiger partial charge in [0.25, 0.3) is 5.56 Å². The van der Waals surface area contributed by atoms with Crippen LogP contribution in [-0.2, 0) is 11.3 Å². The monoisotopic (exact) mass is 435 g/mol. The SMILES string of the molecule is Cc1cccc(NC(=S)N(Cc2cc3cc(C)c(C)cc3[nH]c2=O)C[C@H]2CCCO2)c1. The van der Waals surface area contributed by atoms with Gasteiger partial charge in [-0.05, 0) is 98.2 Å². The number of H-pyrrole nitrogens is 1. The normalized spacial score (nSPS) is 15.9. The van der Waals surface area contributed by atoms with Crippen molar-refractivity contribution in [3.05, 3.63) is 75.1 Å². The van der Waals surface area contributed by atoms with Crippen LogP contribution in [0.25, 0.3) is 10.9 Å². The van der Waals surface area contributed by atoms with E-state index in [1.807, 2.05) is 29.2 Å². The Morgan fingerprint density at radius 2 is 2.00 bits per heavy atom. The summed E-state index contributed by atoms with van der Waals surface area (Å²) in [5.41, 5.74) is 5.96. The number of hydrogen-bond donors (Lipinski definition) is 2. The zero-order valence-corrected chi connectivity index (χ0v) is 19.1. The molecule has 162 valence electrons. The van der Waals surface area contributed by atoms with Gasteiger partial charge in [-0.1, -0.05) is 12.1 Å². The molecule has 1 fully saturated rings. The van der Waals surface area contributed by atoms with Crippen molar-refractivity contribution in [1.29, 1.82) is 0 Å². The molecule has 4 rings (SSSR count). The summed E-state index contributed by atoms with van der Waals surface area (Å²) in [6, 6.07) is 14.3. The number of fused-ring (bicyclic) bond motifs is 1. The smallest absolute Gasteiger partial charge is 0.253 e. The number of rotatable bonds is 5. The lowest BCUT2D eigenvalue weighted by Crippen LogP contribution is -2.40. The molecule has 0 spiro atoms. The number of thiocarbonyl (C=S) groups is 1. The van der Waals surface area contributed by atoms with Crippen LogP contribution < -0.4 is 10.9 Å². The number of ether oxygens (including phenoxy) is 1. The van der Waals surface area contributed by atoms with Gasteiger partial charge in [-0.25, -0.2) is 0 Å². The highest BCUT2D eigenvalue weighted by molar-refractivity contribution is 7.80. The lowest BCUT2D eigenvalue weighted by atomic mass is 10.0. The van der Waals surface area contributed by atoms with Crippen LogP contribution in [0.1, 0.15) is 35.1 Å². The van der Waals surface area contributed by atoms with Crippen molar-refractivity contribution in [3.8, 4) is 0 Å². The van der Waals surface area contributed by atoms with Crippen molar-refractivity contribution in [1.82, 2.24) is 9.88 Å². The summed E-state index contributed by atoms with van der Waals surface area (Å²) in [5, 5.41) is 4.97. The Morgan fingerprint density at radius 3 is 2.74 bits per heavy atom. The number of hydrogen-bond acceptors (Lipinski definition) is 3. The molecule has 0 unspecified atom stereocenters. The molecule has 2 N–H and O–H groups in total. The Hall–Kier alpha value is -2.70. The fourth-order valence-corrected chi connectivity index (χ4v) is 4.28. The van der Waals surface area contributed by atoms with Gasteiger partial charge in [-0.2, -0.15) is 0 Å². The molecular formula is C25H29N3O2S. The number of nitrogens with zero attached hydrogens (tertiary/aromatic N) is 1. The van der Waals surface area contributed by atoms with Crippen LogP contribution in [0, 0.1) is 20.8 Å². The lowest BCUT2D eigenvalue weighted by molar-refractivity contribution is 0.0904. The van der Waals surface area contributed by atoms with Crippen molar-refractivity contribution in [3.63, 3.8) is 0 Å². The van der Waals surface area contributed by atoms with Gasteiger partial charge in [0.2, 0.25) is 0 Å². The average molecular weight is 436 g/mol. The fourth-order valence-electron chi connectivity index (χ4n) is 4.02. The number of aryl methyl sites for hydroxylation is 3. The first-order chi connectivity index (χ1) is 14.9. The van der Waals surface area contributed by atoms with Crippen LogP contribution in [0.15, 0.2) is 47.3 Å². The highest BCUT2D eigenvalue weighted by Gasteiger charge is 2.22. The van der Waals surface area contributed by atoms with E-state index >= 15 is 0 Å². The first-order valence-corrected chi connectivity index (χ1v) is 11.2. The molecule has 3 aromatic rings. The molecule has 0 bridgehead atoms. The summed E-state index contributed by atoms with van der Waals surface area (Å²) in [4.78, 5) is 17.9.